The van der Waals surface area contributed by atoms with Crippen LogP contribution < -0.4 is 0 Å². The van der Waals surface area contributed by atoms with E-state index in [0.29, 0.717) is 0 Å². The molecule has 0 bridgehead atoms. The average Bonchev–Trinajstić information content (AvgIpc) is 2.77. The highest BCUT2D eigenvalue weighted by atomic mass is 35.5. The molecule has 88 valence electrons. The van der Waals surface area contributed by atoms with Gasteiger partial charge in [0.2, 0.25) is 0 Å². The molecule has 0 unspecified atom stereocenters. The van der Waals surface area contributed by atoms with Crippen LogP contribution in [0.2, 0.25) is 5.02 Å². The van der Waals surface area contributed by atoms with Crippen LogP contribution in [0.4, 0.5) is 4.39 Å². The van der Waals surface area contributed by atoms with Crippen molar-refractivity contribution in [3.05, 3.63) is 41.1 Å². The van der Waals surface area contributed by atoms with Crippen LogP contribution in [-0.2, 0) is 4.74 Å². The molecule has 0 fully saturated rings. The van der Waals surface area contributed by atoms with Crippen molar-refractivity contribution in [3.63, 3.8) is 0 Å². The van der Waals surface area contributed by atoms with Crippen molar-refractivity contribution in [1.82, 2.24) is 4.98 Å². The van der Waals surface area contributed by atoms with Gasteiger partial charge >= 0.3 is 5.97 Å². The first-order valence-corrected chi connectivity index (χ1v) is 4.99. The van der Waals surface area contributed by atoms with E-state index in [-0.39, 0.29) is 22.0 Å². The van der Waals surface area contributed by atoms with E-state index in [9.17, 15) is 9.18 Å². The summed E-state index contributed by atoms with van der Waals surface area (Å²) in [5.74, 6) is -1.35. The smallest absolute Gasteiger partial charge is 0.360 e. The number of hydrogen-bond donors (Lipinski definition) is 0. The lowest BCUT2D eigenvalue weighted by molar-refractivity contribution is 0.0595. The Balaban J connectivity index is 2.62. The van der Waals surface area contributed by atoms with Gasteiger partial charge < -0.3 is 9.15 Å². The third-order valence-electron chi connectivity index (χ3n) is 2.14. The van der Waals surface area contributed by atoms with E-state index < -0.39 is 11.8 Å². The molecule has 0 saturated carbocycles. The third-order valence-corrected chi connectivity index (χ3v) is 2.45. The third kappa shape index (κ3) is 2.01. The first-order valence-electron chi connectivity index (χ1n) is 4.61. The molecule has 6 heteroatoms. The fourth-order valence-corrected chi connectivity index (χ4v) is 1.63. The molecular weight excluding hydrogens is 249 g/mol. The minimum absolute atomic E-state index is 0.00735. The monoisotopic (exact) mass is 255 g/mol. The molecule has 1 heterocycles. The number of benzene rings is 1. The number of methoxy groups -OCH3 is 1. The number of esters is 1. The lowest BCUT2D eigenvalue weighted by Gasteiger charge is -2.03. The van der Waals surface area contributed by atoms with Crippen LogP contribution in [0.1, 0.15) is 10.5 Å². The maximum atomic E-state index is 13.6. The number of nitrogens with zero attached hydrogens (tertiary/aromatic N) is 1. The fourth-order valence-electron chi connectivity index (χ4n) is 1.38. The summed E-state index contributed by atoms with van der Waals surface area (Å²) >= 11 is 5.86. The molecule has 0 aliphatic rings. The zero-order valence-corrected chi connectivity index (χ0v) is 9.49. The molecule has 0 aliphatic carbocycles. The van der Waals surface area contributed by atoms with Crippen molar-refractivity contribution < 1.29 is 18.3 Å². The molecule has 2 aromatic rings. The number of ether oxygens (including phenoxy) is 1. The Hall–Kier alpha value is -1.88. The first kappa shape index (κ1) is 11.6. The van der Waals surface area contributed by atoms with Gasteiger partial charge in [-0.3, -0.25) is 0 Å². The quantitative estimate of drug-likeness (QED) is 0.774. The second-order valence-corrected chi connectivity index (χ2v) is 3.53. The number of hydrogen-bond acceptors (Lipinski definition) is 4. The van der Waals surface area contributed by atoms with Crippen molar-refractivity contribution in [2.45, 2.75) is 0 Å². The van der Waals surface area contributed by atoms with Gasteiger partial charge in [-0.05, 0) is 12.1 Å². The fraction of sp³-hybridized carbons (Fsp3) is 0.0909. The molecule has 1 aromatic heterocycles. The Labute approximate surface area is 101 Å². The number of aromatic nitrogens is 1. The van der Waals surface area contributed by atoms with Gasteiger partial charge in [-0.25, -0.2) is 14.2 Å². The molecule has 0 atom stereocenters. The molecule has 0 amide bonds. The summed E-state index contributed by atoms with van der Waals surface area (Å²) in [7, 11) is 1.20. The van der Waals surface area contributed by atoms with Gasteiger partial charge in [0, 0.05) is 0 Å². The summed E-state index contributed by atoms with van der Waals surface area (Å²) in [6.07, 6.45) is 1.03. The zero-order valence-electron chi connectivity index (χ0n) is 8.74. The van der Waals surface area contributed by atoms with Crippen LogP contribution in [-0.4, -0.2) is 18.1 Å². The summed E-state index contributed by atoms with van der Waals surface area (Å²) in [6, 6.07) is 4.16. The number of rotatable bonds is 2. The Morgan fingerprint density at radius 3 is 2.94 bits per heavy atom. The topological polar surface area (TPSA) is 52.3 Å². The predicted molar refractivity (Wildman–Crippen MR) is 58.2 cm³/mol. The van der Waals surface area contributed by atoms with Crippen molar-refractivity contribution in [3.8, 4) is 11.3 Å². The van der Waals surface area contributed by atoms with Gasteiger partial charge in [0.05, 0.1) is 17.7 Å². The number of carbonyl (C=O) groups excluding carboxylic acids is 1. The van der Waals surface area contributed by atoms with Crippen LogP contribution >= 0.6 is 11.6 Å². The van der Waals surface area contributed by atoms with Crippen molar-refractivity contribution in [2.75, 3.05) is 7.11 Å². The van der Waals surface area contributed by atoms with Crippen LogP contribution in [0.3, 0.4) is 0 Å². The summed E-state index contributed by atoms with van der Waals surface area (Å²) in [5, 5.41) is 0.131. The van der Waals surface area contributed by atoms with E-state index in [1.807, 2.05) is 0 Å². The molecule has 17 heavy (non-hydrogen) atoms. The first-order chi connectivity index (χ1) is 8.15. The Bertz CT molecular complexity index is 547. The van der Waals surface area contributed by atoms with E-state index in [4.69, 9.17) is 16.0 Å². The number of halogens is 2. The molecule has 0 saturated heterocycles. The molecule has 0 N–H and O–H groups in total. The van der Waals surface area contributed by atoms with Gasteiger partial charge in [-0.1, -0.05) is 17.7 Å². The second-order valence-electron chi connectivity index (χ2n) is 3.12. The largest absolute Gasteiger partial charge is 0.464 e. The molecule has 0 spiro atoms. The number of oxazole rings is 1. The Morgan fingerprint density at radius 2 is 2.29 bits per heavy atom. The predicted octanol–water partition coefficient (Wildman–Crippen LogP) is 2.92. The molecule has 0 radical (unpaired) electrons. The molecule has 2 rings (SSSR count). The second kappa shape index (κ2) is 4.55. The lowest BCUT2D eigenvalue weighted by Crippen LogP contribution is -2.03. The van der Waals surface area contributed by atoms with Crippen LogP contribution in [0.5, 0.6) is 0 Å². The standard InChI is InChI=1S/C11H7ClFNO3/c1-16-11(15)9-10(17-5-14-9)8-6(12)3-2-4-7(8)13/h2-5H,1H3. The van der Waals surface area contributed by atoms with E-state index in [0.717, 1.165) is 6.39 Å². The SMILES string of the molecule is COC(=O)c1ncoc1-c1c(F)cccc1Cl. The maximum absolute atomic E-state index is 13.6. The summed E-state index contributed by atoms with van der Waals surface area (Å²) in [5.41, 5.74) is -0.119. The van der Waals surface area contributed by atoms with Gasteiger partial charge in [0.25, 0.3) is 0 Å². The minimum Gasteiger partial charge on any atom is -0.464 e. The van der Waals surface area contributed by atoms with E-state index in [1.165, 1.54) is 25.3 Å². The van der Waals surface area contributed by atoms with Gasteiger partial charge in [0.15, 0.2) is 17.8 Å². The van der Waals surface area contributed by atoms with E-state index >= 15 is 0 Å². The van der Waals surface area contributed by atoms with E-state index in [2.05, 4.69) is 9.72 Å². The Morgan fingerprint density at radius 1 is 1.53 bits per heavy atom. The van der Waals surface area contributed by atoms with Crippen LogP contribution in [0.15, 0.2) is 29.0 Å². The molecule has 4 nitrogen and oxygen atoms in total. The highest BCUT2D eigenvalue weighted by Gasteiger charge is 2.23. The molecular formula is C11H7ClFNO3. The summed E-state index contributed by atoms with van der Waals surface area (Å²) < 4.78 is 23.1. The zero-order chi connectivity index (χ0) is 12.4. The summed E-state index contributed by atoms with van der Waals surface area (Å²) in [6.45, 7) is 0. The molecule has 1 aromatic carbocycles. The van der Waals surface area contributed by atoms with Gasteiger partial charge in [0.1, 0.15) is 5.82 Å². The average molecular weight is 256 g/mol. The highest BCUT2D eigenvalue weighted by Crippen LogP contribution is 2.32. The van der Waals surface area contributed by atoms with Gasteiger partial charge in [-0.15, -0.1) is 0 Å². The number of carbonyl (C=O) groups is 1. The van der Waals surface area contributed by atoms with Crippen molar-refractivity contribution >= 4 is 17.6 Å². The van der Waals surface area contributed by atoms with Crippen molar-refractivity contribution in [1.29, 1.82) is 0 Å². The molecule has 0 aliphatic heterocycles. The lowest BCUT2D eigenvalue weighted by atomic mass is 10.1. The summed E-state index contributed by atoms with van der Waals surface area (Å²) in [4.78, 5) is 15.1. The van der Waals surface area contributed by atoms with Crippen LogP contribution in [0, 0.1) is 5.82 Å². The van der Waals surface area contributed by atoms with Crippen molar-refractivity contribution in [2.24, 2.45) is 0 Å². The minimum atomic E-state index is -0.715. The van der Waals surface area contributed by atoms with Crippen LogP contribution in [0.25, 0.3) is 11.3 Å². The normalized spacial score (nSPS) is 10.3. The maximum Gasteiger partial charge on any atom is 0.360 e. The van der Waals surface area contributed by atoms with Gasteiger partial charge in [-0.2, -0.15) is 0 Å². The highest BCUT2D eigenvalue weighted by molar-refractivity contribution is 6.33. The Kier molecular flexibility index (Phi) is 3.10. The van der Waals surface area contributed by atoms with E-state index in [1.54, 1.807) is 0 Å².